The van der Waals surface area contributed by atoms with Gasteiger partial charge in [0.15, 0.2) is 0 Å². The van der Waals surface area contributed by atoms with Crippen LogP contribution >= 0.6 is 15.9 Å². The molecule has 2 fully saturated rings. The van der Waals surface area contributed by atoms with Gasteiger partial charge in [-0.15, -0.1) is 0 Å². The molecule has 1 aromatic heterocycles. The first-order valence-corrected chi connectivity index (χ1v) is 6.90. The van der Waals surface area contributed by atoms with Gasteiger partial charge in [0.2, 0.25) is 0 Å². The van der Waals surface area contributed by atoms with Crippen molar-refractivity contribution < 1.29 is 0 Å². The highest BCUT2D eigenvalue weighted by Crippen LogP contribution is 2.45. The maximum Gasteiger partial charge on any atom is 0.126 e. The molecule has 1 heterocycles. The second kappa shape index (κ2) is 4.02. The summed E-state index contributed by atoms with van der Waals surface area (Å²) in [7, 11) is 0. The van der Waals surface area contributed by atoms with Crippen LogP contribution in [0.3, 0.4) is 0 Å². The molecule has 2 aliphatic rings. The molecule has 2 nitrogen and oxygen atoms in total. The molecule has 0 amide bonds. The van der Waals surface area contributed by atoms with Gasteiger partial charge in [-0.25, -0.2) is 4.98 Å². The molecule has 3 unspecified atom stereocenters. The van der Waals surface area contributed by atoms with E-state index < -0.39 is 0 Å². The van der Waals surface area contributed by atoms with E-state index in [1.807, 2.05) is 6.20 Å². The number of pyridine rings is 1. The highest BCUT2D eigenvalue weighted by molar-refractivity contribution is 9.10. The van der Waals surface area contributed by atoms with Crippen LogP contribution in [0.5, 0.6) is 0 Å². The molecule has 3 atom stereocenters. The van der Waals surface area contributed by atoms with Crippen molar-refractivity contribution in [1.82, 2.24) is 4.98 Å². The van der Waals surface area contributed by atoms with Gasteiger partial charge in [0.05, 0.1) is 0 Å². The number of hydrogen-bond donors (Lipinski definition) is 1. The van der Waals surface area contributed by atoms with Gasteiger partial charge >= 0.3 is 0 Å². The number of aryl methyl sites for hydroxylation is 1. The van der Waals surface area contributed by atoms with E-state index in [0.717, 1.165) is 22.1 Å². The van der Waals surface area contributed by atoms with Crippen LogP contribution in [0.2, 0.25) is 0 Å². The second-order valence-corrected chi connectivity index (χ2v) is 6.10. The van der Waals surface area contributed by atoms with Crippen LogP contribution in [-0.4, -0.2) is 11.0 Å². The summed E-state index contributed by atoms with van der Waals surface area (Å²) in [6.45, 7) is 2.11. The van der Waals surface area contributed by atoms with Crippen molar-refractivity contribution in [2.45, 2.75) is 38.6 Å². The smallest absolute Gasteiger partial charge is 0.126 e. The van der Waals surface area contributed by atoms with E-state index in [-0.39, 0.29) is 0 Å². The fourth-order valence-electron chi connectivity index (χ4n) is 3.23. The Bertz CT molecular complexity index is 405. The summed E-state index contributed by atoms with van der Waals surface area (Å²) in [4.78, 5) is 4.43. The third-order valence-corrected chi connectivity index (χ3v) is 4.95. The molecule has 0 saturated heterocycles. The zero-order valence-corrected chi connectivity index (χ0v) is 11.1. The number of nitrogens with one attached hydrogen (secondary N) is 1. The predicted molar refractivity (Wildman–Crippen MR) is 69.5 cm³/mol. The van der Waals surface area contributed by atoms with E-state index in [0.29, 0.717) is 6.04 Å². The molecular weight excluding hydrogens is 264 g/mol. The van der Waals surface area contributed by atoms with E-state index in [4.69, 9.17) is 0 Å². The standard InChI is InChI=1S/C13H17BrN2/c1-8-4-13(15-7-11(8)14)16-12-6-9-2-3-10(12)5-9/h4,7,9-10,12H,2-3,5-6H2,1H3,(H,15,16). The van der Waals surface area contributed by atoms with Gasteiger partial charge in [-0.2, -0.15) is 0 Å². The quantitative estimate of drug-likeness (QED) is 0.893. The van der Waals surface area contributed by atoms with Crippen molar-refractivity contribution in [1.29, 1.82) is 0 Å². The molecule has 3 rings (SSSR count). The van der Waals surface area contributed by atoms with E-state index in [1.165, 1.54) is 31.2 Å². The lowest BCUT2D eigenvalue weighted by atomic mass is 9.95. The molecule has 0 radical (unpaired) electrons. The fraction of sp³-hybridized carbons (Fsp3) is 0.615. The summed E-state index contributed by atoms with van der Waals surface area (Å²) in [5.41, 5.74) is 1.25. The average molecular weight is 281 g/mol. The number of hydrogen-bond acceptors (Lipinski definition) is 2. The molecule has 0 aliphatic heterocycles. The summed E-state index contributed by atoms with van der Waals surface area (Å²) in [5, 5.41) is 3.61. The summed E-state index contributed by atoms with van der Waals surface area (Å²) >= 11 is 3.48. The predicted octanol–water partition coefficient (Wildman–Crippen LogP) is 3.75. The van der Waals surface area contributed by atoms with Crippen LogP contribution in [-0.2, 0) is 0 Å². The van der Waals surface area contributed by atoms with E-state index in [1.54, 1.807) is 0 Å². The lowest BCUT2D eigenvalue weighted by Crippen LogP contribution is -2.26. The van der Waals surface area contributed by atoms with Gasteiger partial charge in [0.25, 0.3) is 0 Å². The van der Waals surface area contributed by atoms with Gasteiger partial charge in [-0.05, 0) is 65.6 Å². The Morgan fingerprint density at radius 2 is 2.25 bits per heavy atom. The fourth-order valence-corrected chi connectivity index (χ4v) is 3.45. The zero-order valence-electron chi connectivity index (χ0n) is 9.54. The van der Waals surface area contributed by atoms with Gasteiger partial charge in [0, 0.05) is 16.7 Å². The third kappa shape index (κ3) is 1.86. The first kappa shape index (κ1) is 10.6. The maximum absolute atomic E-state index is 4.43. The largest absolute Gasteiger partial charge is 0.367 e. The van der Waals surface area contributed by atoms with Gasteiger partial charge in [-0.1, -0.05) is 6.42 Å². The highest BCUT2D eigenvalue weighted by atomic mass is 79.9. The molecule has 1 aromatic rings. The minimum Gasteiger partial charge on any atom is -0.367 e. The van der Waals surface area contributed by atoms with Crippen LogP contribution < -0.4 is 5.32 Å². The molecule has 1 N–H and O–H groups in total. The van der Waals surface area contributed by atoms with Crippen LogP contribution in [0.25, 0.3) is 0 Å². The lowest BCUT2D eigenvalue weighted by molar-refractivity contribution is 0.439. The molecule has 2 bridgehead atoms. The van der Waals surface area contributed by atoms with Gasteiger partial charge < -0.3 is 5.32 Å². The Labute approximate surface area is 105 Å². The Morgan fingerprint density at radius 1 is 1.38 bits per heavy atom. The number of halogens is 1. The number of rotatable bonds is 2. The van der Waals surface area contributed by atoms with Crippen molar-refractivity contribution in [3.8, 4) is 0 Å². The van der Waals surface area contributed by atoms with Crippen molar-refractivity contribution >= 4 is 21.7 Å². The lowest BCUT2D eigenvalue weighted by Gasteiger charge is -2.23. The number of aromatic nitrogens is 1. The highest BCUT2D eigenvalue weighted by Gasteiger charge is 2.39. The van der Waals surface area contributed by atoms with E-state index in [9.17, 15) is 0 Å². The third-order valence-electron chi connectivity index (χ3n) is 4.12. The van der Waals surface area contributed by atoms with E-state index in [2.05, 4.69) is 39.2 Å². The molecular formula is C13H17BrN2. The maximum atomic E-state index is 4.43. The number of nitrogens with zero attached hydrogens (tertiary/aromatic N) is 1. The summed E-state index contributed by atoms with van der Waals surface area (Å²) in [6, 6.07) is 2.81. The van der Waals surface area contributed by atoms with Crippen molar-refractivity contribution in [2.24, 2.45) is 11.8 Å². The Morgan fingerprint density at radius 3 is 2.88 bits per heavy atom. The average Bonchev–Trinajstić information content (AvgIpc) is 2.85. The molecule has 3 heteroatoms. The SMILES string of the molecule is Cc1cc(NC2CC3CCC2C3)ncc1Br. The van der Waals surface area contributed by atoms with Crippen LogP contribution in [0.4, 0.5) is 5.82 Å². The number of fused-ring (bicyclic) bond motifs is 2. The Kier molecular flexibility index (Phi) is 2.66. The van der Waals surface area contributed by atoms with Crippen LogP contribution in [0.15, 0.2) is 16.7 Å². The minimum absolute atomic E-state index is 0.673. The summed E-state index contributed by atoms with van der Waals surface area (Å²) in [5.74, 6) is 2.92. The summed E-state index contributed by atoms with van der Waals surface area (Å²) < 4.78 is 1.09. The molecule has 16 heavy (non-hydrogen) atoms. The van der Waals surface area contributed by atoms with E-state index >= 15 is 0 Å². The molecule has 0 aromatic carbocycles. The Balaban J connectivity index is 1.72. The first-order chi connectivity index (χ1) is 7.72. The monoisotopic (exact) mass is 280 g/mol. The second-order valence-electron chi connectivity index (χ2n) is 5.24. The molecule has 86 valence electrons. The summed E-state index contributed by atoms with van der Waals surface area (Å²) in [6.07, 6.45) is 7.55. The molecule has 0 spiro atoms. The van der Waals surface area contributed by atoms with Crippen LogP contribution in [0.1, 0.15) is 31.2 Å². The number of anilines is 1. The molecule has 2 aliphatic carbocycles. The first-order valence-electron chi connectivity index (χ1n) is 6.11. The van der Waals surface area contributed by atoms with Crippen LogP contribution in [0, 0.1) is 18.8 Å². The van der Waals surface area contributed by atoms with Gasteiger partial charge in [0.1, 0.15) is 5.82 Å². The normalized spacial score (nSPS) is 32.0. The van der Waals surface area contributed by atoms with Gasteiger partial charge in [-0.3, -0.25) is 0 Å². The zero-order chi connectivity index (χ0) is 11.1. The van der Waals surface area contributed by atoms with Crippen molar-refractivity contribution in [3.63, 3.8) is 0 Å². The molecule has 2 saturated carbocycles. The minimum atomic E-state index is 0.673. The van der Waals surface area contributed by atoms with Crippen molar-refractivity contribution in [2.75, 3.05) is 5.32 Å². The topological polar surface area (TPSA) is 24.9 Å². The van der Waals surface area contributed by atoms with Crippen molar-refractivity contribution in [3.05, 3.63) is 22.3 Å². The Hall–Kier alpha value is -0.570.